The highest BCUT2D eigenvalue weighted by molar-refractivity contribution is 5.89. The van der Waals surface area contributed by atoms with Crippen LogP contribution in [-0.4, -0.2) is 61.8 Å². The summed E-state index contributed by atoms with van der Waals surface area (Å²) in [6.45, 7) is 12.6. The molecule has 30 heavy (non-hydrogen) atoms. The third kappa shape index (κ3) is 8.88. The first-order valence-corrected chi connectivity index (χ1v) is 11.6. The van der Waals surface area contributed by atoms with Gasteiger partial charge in [-0.1, -0.05) is 44.9 Å². The zero-order valence-corrected chi connectivity index (χ0v) is 19.2. The summed E-state index contributed by atoms with van der Waals surface area (Å²) in [5.41, 5.74) is 2.14. The Morgan fingerprint density at radius 2 is 1.87 bits per heavy atom. The summed E-state index contributed by atoms with van der Waals surface area (Å²) in [4.78, 5) is 16.7. The summed E-state index contributed by atoms with van der Waals surface area (Å²) in [5.74, 6) is 0.498. The predicted molar refractivity (Wildman–Crippen MR) is 126 cm³/mol. The molecule has 1 aromatic carbocycles. The summed E-state index contributed by atoms with van der Waals surface area (Å²) in [6, 6.07) is 8.13. The number of carbonyl (C=O) groups excluding carboxylic acids is 1. The van der Waals surface area contributed by atoms with Crippen molar-refractivity contribution < 1.29 is 9.53 Å². The molecule has 1 fully saturated rings. The van der Waals surface area contributed by atoms with Gasteiger partial charge in [-0.15, -0.1) is 6.58 Å². The summed E-state index contributed by atoms with van der Waals surface area (Å²) >= 11 is 0. The van der Waals surface area contributed by atoms with Gasteiger partial charge in [0.15, 0.2) is 0 Å². The van der Waals surface area contributed by atoms with E-state index in [1.54, 1.807) is 0 Å². The Balaban J connectivity index is 1.55. The van der Waals surface area contributed by atoms with Crippen molar-refractivity contribution in [1.29, 1.82) is 0 Å². The first-order valence-electron chi connectivity index (χ1n) is 11.6. The monoisotopic (exact) mass is 415 g/mol. The van der Waals surface area contributed by atoms with Gasteiger partial charge in [0.2, 0.25) is 0 Å². The van der Waals surface area contributed by atoms with E-state index in [9.17, 15) is 4.79 Å². The Bertz CT molecular complexity index is 622. The second kappa shape index (κ2) is 13.5. The SMILES string of the molecule is C=CCN(C)CCCCCCOC1CCN(C(=O)Nc2ccc(C(C)C)cc2)CC1. The van der Waals surface area contributed by atoms with E-state index in [0.717, 1.165) is 57.7 Å². The van der Waals surface area contributed by atoms with Gasteiger partial charge in [-0.05, 0) is 62.9 Å². The van der Waals surface area contributed by atoms with E-state index in [4.69, 9.17) is 4.74 Å². The molecule has 1 N–H and O–H groups in total. The van der Waals surface area contributed by atoms with Crippen LogP contribution in [0, 0.1) is 0 Å². The molecule has 1 aromatic rings. The predicted octanol–water partition coefficient (Wildman–Crippen LogP) is 5.50. The van der Waals surface area contributed by atoms with Gasteiger partial charge in [0.25, 0.3) is 0 Å². The molecule has 0 radical (unpaired) electrons. The number of hydrogen-bond donors (Lipinski definition) is 1. The minimum Gasteiger partial charge on any atom is -0.378 e. The first-order chi connectivity index (χ1) is 14.5. The van der Waals surface area contributed by atoms with E-state index >= 15 is 0 Å². The molecule has 0 spiro atoms. The quantitative estimate of drug-likeness (QED) is 0.362. The van der Waals surface area contributed by atoms with E-state index < -0.39 is 0 Å². The minimum absolute atomic E-state index is 0.00725. The number of urea groups is 1. The second-order valence-electron chi connectivity index (χ2n) is 8.73. The number of likely N-dealkylation sites (tertiary alicyclic amines) is 1. The number of amides is 2. The van der Waals surface area contributed by atoms with Crippen LogP contribution in [0.2, 0.25) is 0 Å². The van der Waals surface area contributed by atoms with Crippen LogP contribution in [0.4, 0.5) is 10.5 Å². The maximum Gasteiger partial charge on any atom is 0.321 e. The molecule has 0 saturated carbocycles. The molecule has 5 nitrogen and oxygen atoms in total. The lowest BCUT2D eigenvalue weighted by atomic mass is 10.0. The number of nitrogens with zero attached hydrogens (tertiary/aromatic N) is 2. The maximum absolute atomic E-state index is 12.5. The third-order valence-corrected chi connectivity index (χ3v) is 5.79. The van der Waals surface area contributed by atoms with Crippen molar-refractivity contribution in [3.63, 3.8) is 0 Å². The fraction of sp³-hybridized carbons (Fsp3) is 0.640. The fourth-order valence-electron chi connectivity index (χ4n) is 3.78. The van der Waals surface area contributed by atoms with Crippen LogP contribution >= 0.6 is 0 Å². The van der Waals surface area contributed by atoms with Crippen LogP contribution in [0.3, 0.4) is 0 Å². The molecule has 0 bridgehead atoms. The van der Waals surface area contributed by atoms with E-state index in [1.807, 2.05) is 23.1 Å². The highest BCUT2D eigenvalue weighted by Crippen LogP contribution is 2.19. The minimum atomic E-state index is -0.00725. The fourth-order valence-corrected chi connectivity index (χ4v) is 3.78. The Morgan fingerprint density at radius 3 is 2.50 bits per heavy atom. The molecule has 5 heteroatoms. The van der Waals surface area contributed by atoms with Gasteiger partial charge in [0, 0.05) is 31.9 Å². The van der Waals surface area contributed by atoms with Crippen molar-refractivity contribution in [2.24, 2.45) is 0 Å². The molecule has 1 aliphatic heterocycles. The number of rotatable bonds is 12. The van der Waals surface area contributed by atoms with Crippen LogP contribution < -0.4 is 5.32 Å². The van der Waals surface area contributed by atoms with Crippen LogP contribution in [0.25, 0.3) is 0 Å². The lowest BCUT2D eigenvalue weighted by molar-refractivity contribution is 0.0140. The zero-order valence-electron chi connectivity index (χ0n) is 19.2. The molecule has 2 amide bonds. The van der Waals surface area contributed by atoms with Gasteiger partial charge in [0.1, 0.15) is 0 Å². The van der Waals surface area contributed by atoms with Crippen LogP contribution in [0.15, 0.2) is 36.9 Å². The van der Waals surface area contributed by atoms with Gasteiger partial charge in [-0.2, -0.15) is 0 Å². The summed E-state index contributed by atoms with van der Waals surface area (Å²) in [7, 11) is 2.14. The standard InChI is InChI=1S/C25H41N3O2/c1-5-16-27(4)17-8-6-7-9-20-30-24-14-18-28(19-15-24)25(29)26-23-12-10-22(11-13-23)21(2)3/h5,10-13,21,24H,1,6-9,14-20H2,2-4H3,(H,26,29). The Morgan fingerprint density at radius 1 is 1.20 bits per heavy atom. The maximum atomic E-state index is 12.5. The molecule has 0 aliphatic carbocycles. The number of unbranched alkanes of at least 4 members (excludes halogenated alkanes) is 3. The number of nitrogens with one attached hydrogen (secondary N) is 1. The van der Waals surface area contributed by atoms with Crippen molar-refractivity contribution in [2.45, 2.75) is 64.4 Å². The average molecular weight is 416 g/mol. The zero-order chi connectivity index (χ0) is 21.8. The van der Waals surface area contributed by atoms with Gasteiger partial charge < -0.3 is 19.9 Å². The largest absolute Gasteiger partial charge is 0.378 e. The lowest BCUT2D eigenvalue weighted by Gasteiger charge is -2.32. The van der Waals surface area contributed by atoms with Crippen molar-refractivity contribution in [3.05, 3.63) is 42.5 Å². The molecular formula is C25H41N3O2. The first kappa shape index (κ1) is 24.4. The molecule has 0 atom stereocenters. The molecule has 0 aromatic heterocycles. The molecule has 1 heterocycles. The number of hydrogen-bond acceptors (Lipinski definition) is 3. The van der Waals surface area contributed by atoms with Crippen molar-refractivity contribution >= 4 is 11.7 Å². The Labute approximate surface area is 183 Å². The topological polar surface area (TPSA) is 44.8 Å². The molecule has 0 unspecified atom stereocenters. The second-order valence-corrected chi connectivity index (χ2v) is 8.73. The van der Waals surface area contributed by atoms with Crippen LogP contribution in [0.1, 0.15) is 63.9 Å². The van der Waals surface area contributed by atoms with Crippen LogP contribution in [-0.2, 0) is 4.74 Å². The molecular weight excluding hydrogens is 374 g/mol. The normalized spacial score (nSPS) is 15.0. The highest BCUT2D eigenvalue weighted by Gasteiger charge is 2.23. The number of ether oxygens (including phenoxy) is 1. The molecule has 2 rings (SSSR count). The van der Waals surface area contributed by atoms with Gasteiger partial charge in [0.05, 0.1) is 6.10 Å². The molecule has 168 valence electrons. The number of likely N-dealkylation sites (N-methyl/N-ethyl adjacent to an activating group) is 1. The smallest absolute Gasteiger partial charge is 0.321 e. The van der Waals surface area contributed by atoms with E-state index in [0.29, 0.717) is 5.92 Å². The summed E-state index contributed by atoms with van der Waals surface area (Å²) < 4.78 is 6.05. The van der Waals surface area contributed by atoms with Crippen molar-refractivity contribution in [2.75, 3.05) is 45.2 Å². The van der Waals surface area contributed by atoms with Crippen molar-refractivity contribution in [1.82, 2.24) is 9.80 Å². The number of anilines is 1. The lowest BCUT2D eigenvalue weighted by Crippen LogP contribution is -2.43. The van der Waals surface area contributed by atoms with Crippen molar-refractivity contribution in [3.8, 4) is 0 Å². The number of benzene rings is 1. The summed E-state index contributed by atoms with van der Waals surface area (Å²) in [6.07, 6.45) is 8.92. The number of carbonyl (C=O) groups is 1. The van der Waals surface area contributed by atoms with Gasteiger partial charge >= 0.3 is 6.03 Å². The van der Waals surface area contributed by atoms with Crippen LogP contribution in [0.5, 0.6) is 0 Å². The van der Waals surface area contributed by atoms with E-state index in [1.165, 1.54) is 24.8 Å². The van der Waals surface area contributed by atoms with Gasteiger partial charge in [-0.25, -0.2) is 4.79 Å². The molecule has 1 saturated heterocycles. The highest BCUT2D eigenvalue weighted by atomic mass is 16.5. The average Bonchev–Trinajstić information content (AvgIpc) is 2.74. The molecule has 1 aliphatic rings. The van der Waals surface area contributed by atoms with E-state index in [-0.39, 0.29) is 12.1 Å². The Kier molecular flexibility index (Phi) is 11.0. The van der Waals surface area contributed by atoms with Gasteiger partial charge in [-0.3, -0.25) is 0 Å². The summed E-state index contributed by atoms with van der Waals surface area (Å²) in [5, 5.41) is 3.02. The Hall–Kier alpha value is -1.85. The van der Waals surface area contributed by atoms with E-state index in [2.05, 4.69) is 49.8 Å². The number of piperidine rings is 1. The third-order valence-electron chi connectivity index (χ3n) is 5.79.